The summed E-state index contributed by atoms with van der Waals surface area (Å²) in [7, 11) is 0. The molecule has 30 heavy (non-hydrogen) atoms. The van der Waals surface area contributed by atoms with Gasteiger partial charge in [-0.25, -0.2) is 4.79 Å². The van der Waals surface area contributed by atoms with Crippen LogP contribution in [-0.2, 0) is 9.59 Å². The highest BCUT2D eigenvalue weighted by Gasteiger charge is 2.54. The third-order valence-electron chi connectivity index (χ3n) is 7.63. The number of carbonyl (C=O) groups excluding carboxylic acids is 3. The van der Waals surface area contributed by atoms with E-state index >= 15 is 0 Å². The number of carbonyl (C=O) groups is 3. The van der Waals surface area contributed by atoms with E-state index < -0.39 is 48.6 Å². The van der Waals surface area contributed by atoms with Crippen LogP contribution in [-0.4, -0.2) is 59.0 Å². The molecule has 1 N–H and O–H groups in total. The summed E-state index contributed by atoms with van der Waals surface area (Å²) >= 11 is 0. The number of piperidine rings is 1. The zero-order chi connectivity index (χ0) is 22.3. The number of alkyl halides is 3. The molecule has 9 heteroatoms. The van der Waals surface area contributed by atoms with Gasteiger partial charge in [0.05, 0.1) is 5.92 Å². The fraction of sp³-hybridized carbons (Fsp3) is 0.857. The van der Waals surface area contributed by atoms with Crippen LogP contribution in [0.1, 0.15) is 65.7 Å². The van der Waals surface area contributed by atoms with Crippen LogP contribution in [0.25, 0.3) is 0 Å². The van der Waals surface area contributed by atoms with Crippen molar-refractivity contribution in [3.8, 4) is 0 Å². The Bertz CT molecular complexity index is 699. The summed E-state index contributed by atoms with van der Waals surface area (Å²) in [4.78, 5) is 40.2. The number of likely N-dealkylation sites (tertiary alicyclic amines) is 1. The molecule has 2 heterocycles. The maximum absolute atomic E-state index is 13.1. The van der Waals surface area contributed by atoms with Crippen molar-refractivity contribution < 1.29 is 27.6 Å². The van der Waals surface area contributed by atoms with E-state index in [1.807, 2.05) is 0 Å². The molecule has 3 fully saturated rings. The van der Waals surface area contributed by atoms with Gasteiger partial charge < -0.3 is 10.2 Å². The molecule has 1 spiro atoms. The molecule has 0 aromatic rings. The molecule has 3 aliphatic rings. The van der Waals surface area contributed by atoms with Gasteiger partial charge in [0.2, 0.25) is 5.91 Å². The first kappa shape index (κ1) is 22.9. The van der Waals surface area contributed by atoms with Crippen LogP contribution in [0, 0.1) is 17.3 Å². The standard InChI is InChI=1S/C21H32F3N3O3/c1-4-19(2,3)14-7-9-20(10-8-14)17(29)27(18(30)25-20)13-16(28)26-11-5-6-15(12-26)21(22,23)24/h14-15H,4-13H2,1-3H3,(H,25,30). The van der Waals surface area contributed by atoms with Gasteiger partial charge in [0.25, 0.3) is 5.91 Å². The van der Waals surface area contributed by atoms with Crippen LogP contribution in [0.5, 0.6) is 0 Å². The number of nitrogens with one attached hydrogen (secondary N) is 1. The molecule has 4 amide bonds. The van der Waals surface area contributed by atoms with Gasteiger partial charge in [0.15, 0.2) is 0 Å². The molecule has 0 bridgehead atoms. The summed E-state index contributed by atoms with van der Waals surface area (Å²) in [5.41, 5.74) is -0.819. The molecule has 0 radical (unpaired) electrons. The molecule has 1 aliphatic carbocycles. The average molecular weight is 431 g/mol. The summed E-state index contributed by atoms with van der Waals surface area (Å²) < 4.78 is 39.1. The van der Waals surface area contributed by atoms with Crippen molar-refractivity contribution in [1.82, 2.24) is 15.1 Å². The molecule has 0 aromatic heterocycles. The van der Waals surface area contributed by atoms with Crippen LogP contribution in [0.2, 0.25) is 0 Å². The molecule has 2 aliphatic heterocycles. The Kier molecular flexibility index (Phi) is 6.13. The summed E-state index contributed by atoms with van der Waals surface area (Å²) in [6.07, 6.45) is -0.396. The molecule has 1 unspecified atom stereocenters. The number of nitrogens with zero attached hydrogens (tertiary/aromatic N) is 2. The Morgan fingerprint density at radius 3 is 2.33 bits per heavy atom. The molecule has 2 saturated heterocycles. The lowest BCUT2D eigenvalue weighted by Gasteiger charge is -2.42. The fourth-order valence-electron chi connectivity index (χ4n) is 5.05. The van der Waals surface area contributed by atoms with Crippen molar-refractivity contribution in [3.05, 3.63) is 0 Å². The Hall–Kier alpha value is -1.80. The third-order valence-corrected chi connectivity index (χ3v) is 7.63. The highest BCUT2D eigenvalue weighted by atomic mass is 19.4. The van der Waals surface area contributed by atoms with Crippen molar-refractivity contribution in [1.29, 1.82) is 0 Å². The zero-order valence-electron chi connectivity index (χ0n) is 18.0. The first-order chi connectivity index (χ1) is 13.9. The highest BCUT2D eigenvalue weighted by Crippen LogP contribution is 2.45. The molecule has 1 saturated carbocycles. The van der Waals surface area contributed by atoms with Crippen LogP contribution < -0.4 is 5.32 Å². The highest BCUT2D eigenvalue weighted by molar-refractivity contribution is 6.09. The van der Waals surface area contributed by atoms with Gasteiger partial charge in [-0.1, -0.05) is 27.2 Å². The molecule has 6 nitrogen and oxygen atoms in total. The quantitative estimate of drug-likeness (QED) is 0.690. The second-order valence-electron chi connectivity index (χ2n) is 9.74. The predicted octanol–water partition coefficient (Wildman–Crippen LogP) is 3.70. The van der Waals surface area contributed by atoms with E-state index in [4.69, 9.17) is 0 Å². The van der Waals surface area contributed by atoms with Crippen molar-refractivity contribution in [2.75, 3.05) is 19.6 Å². The number of rotatable bonds is 4. The average Bonchev–Trinajstić information content (AvgIpc) is 2.91. The van der Waals surface area contributed by atoms with Gasteiger partial charge in [0.1, 0.15) is 12.1 Å². The molecule has 170 valence electrons. The van der Waals surface area contributed by atoms with Crippen molar-refractivity contribution >= 4 is 17.8 Å². The van der Waals surface area contributed by atoms with Crippen LogP contribution in [0.3, 0.4) is 0 Å². The first-order valence-electron chi connectivity index (χ1n) is 10.9. The summed E-state index contributed by atoms with van der Waals surface area (Å²) in [6, 6.07) is -0.620. The first-order valence-corrected chi connectivity index (χ1v) is 10.9. The predicted molar refractivity (Wildman–Crippen MR) is 104 cm³/mol. The van der Waals surface area contributed by atoms with Gasteiger partial charge in [-0.3, -0.25) is 14.5 Å². The minimum absolute atomic E-state index is 0.00516. The Balaban J connectivity index is 1.62. The Labute approximate surface area is 175 Å². The van der Waals surface area contributed by atoms with Crippen LogP contribution in [0.15, 0.2) is 0 Å². The van der Waals surface area contributed by atoms with Crippen molar-refractivity contribution in [2.45, 2.75) is 77.4 Å². The van der Waals surface area contributed by atoms with E-state index in [0.29, 0.717) is 18.8 Å². The number of urea groups is 1. The second kappa shape index (κ2) is 8.04. The number of hydrogen-bond acceptors (Lipinski definition) is 3. The van der Waals surface area contributed by atoms with E-state index in [1.165, 1.54) is 0 Å². The lowest BCUT2D eigenvalue weighted by molar-refractivity contribution is -0.188. The van der Waals surface area contributed by atoms with E-state index in [1.54, 1.807) is 0 Å². The number of halogens is 3. The third kappa shape index (κ3) is 4.30. The van der Waals surface area contributed by atoms with Gasteiger partial charge in [0, 0.05) is 13.1 Å². The Morgan fingerprint density at radius 2 is 1.77 bits per heavy atom. The largest absolute Gasteiger partial charge is 0.393 e. The van der Waals surface area contributed by atoms with Crippen molar-refractivity contribution in [2.24, 2.45) is 17.3 Å². The Morgan fingerprint density at radius 1 is 1.13 bits per heavy atom. The topological polar surface area (TPSA) is 69.7 Å². The van der Waals surface area contributed by atoms with E-state index in [2.05, 4.69) is 26.1 Å². The fourth-order valence-corrected chi connectivity index (χ4v) is 5.05. The summed E-state index contributed by atoms with van der Waals surface area (Å²) in [6.45, 7) is 5.87. The second-order valence-corrected chi connectivity index (χ2v) is 9.74. The minimum Gasteiger partial charge on any atom is -0.341 e. The normalized spacial score (nSPS) is 30.7. The lowest BCUT2D eigenvalue weighted by atomic mass is 9.65. The van der Waals surface area contributed by atoms with Gasteiger partial charge in [-0.15, -0.1) is 0 Å². The molecule has 1 atom stereocenters. The van der Waals surface area contributed by atoms with Crippen molar-refractivity contribution in [3.63, 3.8) is 0 Å². The van der Waals surface area contributed by atoms with Gasteiger partial charge >= 0.3 is 12.2 Å². The minimum atomic E-state index is -4.35. The van der Waals surface area contributed by atoms with Crippen LogP contribution in [0.4, 0.5) is 18.0 Å². The summed E-state index contributed by atoms with van der Waals surface area (Å²) in [5.74, 6) is -2.12. The number of hydrogen-bond donors (Lipinski definition) is 1. The van der Waals surface area contributed by atoms with E-state index in [-0.39, 0.29) is 24.8 Å². The molecule has 0 aromatic carbocycles. The molecular formula is C21H32F3N3O3. The maximum Gasteiger partial charge on any atom is 0.393 e. The monoisotopic (exact) mass is 431 g/mol. The zero-order valence-corrected chi connectivity index (χ0v) is 18.0. The molecule has 3 rings (SSSR count). The smallest absolute Gasteiger partial charge is 0.341 e. The van der Waals surface area contributed by atoms with Crippen LogP contribution >= 0.6 is 0 Å². The van der Waals surface area contributed by atoms with E-state index in [9.17, 15) is 27.6 Å². The maximum atomic E-state index is 13.1. The summed E-state index contributed by atoms with van der Waals surface area (Å²) in [5, 5.41) is 2.79. The number of imide groups is 1. The lowest BCUT2D eigenvalue weighted by Crippen LogP contribution is -2.52. The molecular weight excluding hydrogens is 399 g/mol. The van der Waals surface area contributed by atoms with E-state index in [0.717, 1.165) is 29.1 Å². The number of amides is 4. The van der Waals surface area contributed by atoms with Gasteiger partial charge in [-0.05, 0) is 49.9 Å². The van der Waals surface area contributed by atoms with Gasteiger partial charge in [-0.2, -0.15) is 13.2 Å². The SMILES string of the molecule is CCC(C)(C)C1CCC2(CC1)NC(=O)N(CC(=O)N1CCCC(C(F)(F)F)C1)C2=O.